The van der Waals surface area contributed by atoms with Gasteiger partial charge in [0.1, 0.15) is 0 Å². The van der Waals surface area contributed by atoms with E-state index >= 15 is 0 Å². The predicted molar refractivity (Wildman–Crippen MR) is 108 cm³/mol. The first-order chi connectivity index (χ1) is 12.9. The summed E-state index contributed by atoms with van der Waals surface area (Å²) in [5.41, 5.74) is 0.505. The van der Waals surface area contributed by atoms with Crippen LogP contribution in [-0.2, 0) is 4.79 Å². The molecule has 1 aliphatic heterocycles. The summed E-state index contributed by atoms with van der Waals surface area (Å²) in [4.78, 5) is 29.4. The van der Waals surface area contributed by atoms with Gasteiger partial charge in [-0.3, -0.25) is 14.5 Å². The highest BCUT2D eigenvalue weighted by molar-refractivity contribution is 6.42. The second-order valence-corrected chi connectivity index (χ2v) is 8.52. The Morgan fingerprint density at radius 1 is 1.26 bits per heavy atom. The van der Waals surface area contributed by atoms with Gasteiger partial charge >= 0.3 is 0 Å². The van der Waals surface area contributed by atoms with Crippen LogP contribution in [-0.4, -0.2) is 60.4 Å². The largest absolute Gasteiger partial charge is 0.354 e. The van der Waals surface area contributed by atoms with E-state index in [9.17, 15) is 9.59 Å². The van der Waals surface area contributed by atoms with E-state index in [0.29, 0.717) is 47.3 Å². The van der Waals surface area contributed by atoms with E-state index in [2.05, 4.69) is 24.2 Å². The molecule has 27 heavy (non-hydrogen) atoms. The first kappa shape index (κ1) is 20.4. The zero-order chi connectivity index (χ0) is 19.6. The molecule has 2 fully saturated rings. The van der Waals surface area contributed by atoms with Crippen molar-refractivity contribution in [2.24, 2.45) is 5.92 Å². The van der Waals surface area contributed by atoms with Crippen LogP contribution < -0.4 is 5.32 Å². The molecule has 7 heteroatoms. The molecule has 2 atom stereocenters. The van der Waals surface area contributed by atoms with Crippen molar-refractivity contribution in [2.45, 2.75) is 44.7 Å². The number of carbonyl (C=O) groups is 2. The lowest BCUT2D eigenvalue weighted by atomic mass is 9.96. The fourth-order valence-electron chi connectivity index (χ4n) is 3.57. The van der Waals surface area contributed by atoms with Crippen molar-refractivity contribution >= 4 is 35.0 Å². The molecule has 2 amide bonds. The fraction of sp³-hybridized carbons (Fsp3) is 0.600. The quantitative estimate of drug-likeness (QED) is 0.779. The number of likely N-dealkylation sites (tertiary alicyclic amines) is 1. The molecule has 148 valence electrons. The van der Waals surface area contributed by atoms with Gasteiger partial charge < -0.3 is 10.2 Å². The maximum absolute atomic E-state index is 12.8. The summed E-state index contributed by atoms with van der Waals surface area (Å²) in [7, 11) is 2.12. The third-order valence-corrected chi connectivity index (χ3v) is 6.37. The van der Waals surface area contributed by atoms with Crippen LogP contribution in [0.15, 0.2) is 18.2 Å². The van der Waals surface area contributed by atoms with Crippen LogP contribution in [0, 0.1) is 5.92 Å². The van der Waals surface area contributed by atoms with Gasteiger partial charge in [0.2, 0.25) is 5.91 Å². The van der Waals surface area contributed by atoms with Gasteiger partial charge in [0, 0.05) is 37.3 Å². The predicted octanol–water partition coefficient (Wildman–Crippen LogP) is 3.44. The molecule has 1 saturated carbocycles. The molecule has 1 heterocycles. The number of halogens is 2. The molecule has 1 saturated heterocycles. The van der Waals surface area contributed by atoms with Crippen LogP contribution >= 0.6 is 23.2 Å². The summed E-state index contributed by atoms with van der Waals surface area (Å²) in [6, 6.07) is 5.88. The summed E-state index contributed by atoms with van der Waals surface area (Å²) in [5.74, 6) is -0.227. The zero-order valence-electron chi connectivity index (χ0n) is 15.9. The Bertz CT molecular complexity index is 708. The van der Waals surface area contributed by atoms with Gasteiger partial charge in [-0.25, -0.2) is 0 Å². The van der Waals surface area contributed by atoms with Gasteiger partial charge in [-0.05, 0) is 57.9 Å². The molecule has 2 unspecified atom stereocenters. The Morgan fingerprint density at radius 3 is 2.67 bits per heavy atom. The Balaban J connectivity index is 1.54. The first-order valence-electron chi connectivity index (χ1n) is 9.60. The highest BCUT2D eigenvalue weighted by Gasteiger charge is 2.31. The van der Waals surface area contributed by atoms with Crippen molar-refractivity contribution in [3.63, 3.8) is 0 Å². The summed E-state index contributed by atoms with van der Waals surface area (Å²) >= 11 is 12.0. The van der Waals surface area contributed by atoms with Crippen molar-refractivity contribution in [3.8, 4) is 0 Å². The van der Waals surface area contributed by atoms with E-state index in [1.165, 1.54) is 12.8 Å². The number of piperidine rings is 1. The molecule has 3 rings (SSSR count). The SMILES string of the molecule is CC(CNC(=O)C1CCCN(C(=O)c2ccc(Cl)c(Cl)c2)C1)N(C)C1CC1. The van der Waals surface area contributed by atoms with E-state index in [0.717, 1.165) is 12.8 Å². The molecule has 0 spiro atoms. The van der Waals surface area contributed by atoms with Crippen LogP contribution in [0.2, 0.25) is 10.0 Å². The maximum atomic E-state index is 12.8. The lowest BCUT2D eigenvalue weighted by Crippen LogP contribution is -2.48. The lowest BCUT2D eigenvalue weighted by Gasteiger charge is -2.33. The minimum Gasteiger partial charge on any atom is -0.354 e. The van der Waals surface area contributed by atoms with Crippen molar-refractivity contribution in [1.82, 2.24) is 15.1 Å². The monoisotopic (exact) mass is 411 g/mol. The Morgan fingerprint density at radius 2 is 2.00 bits per heavy atom. The molecular weight excluding hydrogens is 385 g/mol. The van der Waals surface area contributed by atoms with Crippen molar-refractivity contribution in [1.29, 1.82) is 0 Å². The number of benzene rings is 1. The van der Waals surface area contributed by atoms with E-state index < -0.39 is 0 Å². The summed E-state index contributed by atoms with van der Waals surface area (Å²) in [6.45, 7) is 3.88. The van der Waals surface area contributed by atoms with Crippen LogP contribution in [0.5, 0.6) is 0 Å². The van der Waals surface area contributed by atoms with Crippen molar-refractivity contribution < 1.29 is 9.59 Å². The average molecular weight is 412 g/mol. The number of amides is 2. The minimum atomic E-state index is -0.163. The number of nitrogens with zero attached hydrogens (tertiary/aromatic N) is 2. The molecule has 0 aromatic heterocycles. The maximum Gasteiger partial charge on any atom is 0.253 e. The highest BCUT2D eigenvalue weighted by Crippen LogP contribution is 2.27. The smallest absolute Gasteiger partial charge is 0.253 e. The van der Waals surface area contributed by atoms with Crippen LogP contribution in [0.3, 0.4) is 0 Å². The van der Waals surface area contributed by atoms with Gasteiger partial charge in [-0.2, -0.15) is 0 Å². The Labute approximate surface area is 171 Å². The second kappa shape index (κ2) is 8.80. The zero-order valence-corrected chi connectivity index (χ0v) is 17.4. The molecular formula is C20H27Cl2N3O2. The van der Waals surface area contributed by atoms with Gasteiger partial charge in [-0.1, -0.05) is 23.2 Å². The molecule has 0 radical (unpaired) electrons. The van der Waals surface area contributed by atoms with Crippen LogP contribution in [0.4, 0.5) is 0 Å². The Kier molecular flexibility index (Phi) is 6.66. The minimum absolute atomic E-state index is 0.0395. The number of hydrogen-bond acceptors (Lipinski definition) is 3. The van der Waals surface area contributed by atoms with Gasteiger partial charge in [0.15, 0.2) is 0 Å². The average Bonchev–Trinajstić information content (AvgIpc) is 3.52. The topological polar surface area (TPSA) is 52.7 Å². The molecule has 1 aromatic rings. The molecule has 5 nitrogen and oxygen atoms in total. The van der Waals surface area contributed by atoms with Gasteiger partial charge in [0.05, 0.1) is 16.0 Å². The number of carbonyl (C=O) groups excluding carboxylic acids is 2. The van der Waals surface area contributed by atoms with Crippen LogP contribution in [0.25, 0.3) is 0 Å². The lowest BCUT2D eigenvalue weighted by molar-refractivity contribution is -0.126. The summed E-state index contributed by atoms with van der Waals surface area (Å²) in [5, 5.41) is 3.86. The van der Waals surface area contributed by atoms with Crippen LogP contribution in [0.1, 0.15) is 43.0 Å². The molecule has 0 bridgehead atoms. The summed E-state index contributed by atoms with van der Waals surface area (Å²) < 4.78 is 0. The molecule has 1 aromatic carbocycles. The molecule has 1 aliphatic carbocycles. The van der Waals surface area contributed by atoms with E-state index in [1.54, 1.807) is 23.1 Å². The van der Waals surface area contributed by atoms with Gasteiger partial charge in [-0.15, -0.1) is 0 Å². The number of nitrogens with one attached hydrogen (secondary N) is 1. The summed E-state index contributed by atoms with van der Waals surface area (Å²) in [6.07, 6.45) is 4.14. The van der Waals surface area contributed by atoms with Crippen molar-refractivity contribution in [2.75, 3.05) is 26.7 Å². The fourth-order valence-corrected chi connectivity index (χ4v) is 3.86. The van der Waals surface area contributed by atoms with Gasteiger partial charge in [0.25, 0.3) is 5.91 Å². The number of rotatable bonds is 6. The second-order valence-electron chi connectivity index (χ2n) is 7.71. The van der Waals surface area contributed by atoms with E-state index in [4.69, 9.17) is 23.2 Å². The molecule has 1 N–H and O–H groups in total. The van der Waals surface area contributed by atoms with E-state index in [-0.39, 0.29) is 17.7 Å². The Hall–Kier alpha value is -1.30. The number of likely N-dealkylation sites (N-methyl/N-ethyl adjacent to an activating group) is 1. The normalized spacial score (nSPS) is 21.2. The highest BCUT2D eigenvalue weighted by atomic mass is 35.5. The van der Waals surface area contributed by atoms with Crippen molar-refractivity contribution in [3.05, 3.63) is 33.8 Å². The standard InChI is InChI=1S/C20H27Cl2N3O2/c1-13(24(2)16-6-7-16)11-23-19(26)15-4-3-9-25(12-15)20(27)14-5-8-17(21)18(22)10-14/h5,8,10,13,15-16H,3-4,6-7,9,11-12H2,1-2H3,(H,23,26). The molecule has 2 aliphatic rings. The third kappa shape index (κ3) is 5.15. The first-order valence-corrected chi connectivity index (χ1v) is 10.4. The third-order valence-electron chi connectivity index (χ3n) is 5.64. The number of hydrogen-bond donors (Lipinski definition) is 1. The van der Waals surface area contributed by atoms with E-state index in [1.807, 2.05) is 0 Å².